The molecular formula is C31H43ClN7O3P. The third-order valence-corrected chi connectivity index (χ3v) is 9.93. The maximum absolute atomic E-state index is 12.8. The first-order valence-electron chi connectivity index (χ1n) is 14.9. The Balaban J connectivity index is 1.31. The molecule has 3 aromatic rings. The molecule has 2 aromatic carbocycles. The number of rotatable bonds is 11. The first-order chi connectivity index (χ1) is 20.7. The number of hydrogen-bond donors (Lipinski definition) is 2. The van der Waals surface area contributed by atoms with Crippen molar-refractivity contribution in [3.63, 3.8) is 0 Å². The lowest BCUT2D eigenvalue weighted by atomic mass is 10.0. The van der Waals surface area contributed by atoms with E-state index in [-0.39, 0.29) is 0 Å². The molecule has 0 unspecified atom stereocenters. The van der Waals surface area contributed by atoms with Gasteiger partial charge in [0, 0.05) is 69.5 Å². The number of piperazine rings is 1. The zero-order valence-electron chi connectivity index (χ0n) is 25.6. The normalized spacial score (nSPS) is 17.2. The lowest BCUT2D eigenvalue weighted by Gasteiger charge is -2.42. The summed E-state index contributed by atoms with van der Waals surface area (Å²) in [5.41, 5.74) is 2.58. The van der Waals surface area contributed by atoms with E-state index < -0.39 is 7.14 Å². The van der Waals surface area contributed by atoms with E-state index in [4.69, 9.17) is 21.1 Å². The molecule has 0 bridgehead atoms. The summed E-state index contributed by atoms with van der Waals surface area (Å²) in [4.78, 5) is 16.5. The molecule has 0 atom stereocenters. The highest BCUT2D eigenvalue weighted by atomic mass is 35.5. The number of nitrogens with zero attached hydrogens (tertiary/aromatic N) is 5. The van der Waals surface area contributed by atoms with Crippen LogP contribution in [0.5, 0.6) is 5.75 Å². The fourth-order valence-electron chi connectivity index (χ4n) is 5.68. The lowest BCUT2D eigenvalue weighted by Crippen LogP contribution is -2.52. The molecular weight excluding hydrogens is 585 g/mol. The number of para-hydroxylation sites is 1. The number of halogens is 1. The second kappa shape index (κ2) is 14.3. The molecule has 2 aliphatic heterocycles. The van der Waals surface area contributed by atoms with Crippen LogP contribution in [-0.4, -0.2) is 106 Å². The van der Waals surface area contributed by atoms with Gasteiger partial charge in [0.25, 0.3) is 0 Å². The zero-order chi connectivity index (χ0) is 30.4. The standard InChI is InChI=1S/C31H43ClN7O3P/c1-37-15-17-38(18-16-37)24-11-13-39(14-12-24)27-10-9-23(21-28(27)42-20-19-41-2)34-31-33-22-25(32)30(36-31)35-26-7-5-6-8-29(26)43(3,4)40/h5-10,21-22,24H,11-20H2,1-4H3,(H2,33,34,35,36). The first kappa shape index (κ1) is 31.5. The van der Waals surface area contributed by atoms with Crippen molar-refractivity contribution in [1.82, 2.24) is 19.8 Å². The Labute approximate surface area is 260 Å². The van der Waals surface area contributed by atoms with Gasteiger partial charge in [-0.05, 0) is 57.5 Å². The average Bonchev–Trinajstić information content (AvgIpc) is 2.99. The van der Waals surface area contributed by atoms with Gasteiger partial charge in [-0.3, -0.25) is 4.90 Å². The summed E-state index contributed by atoms with van der Waals surface area (Å²) in [5.74, 6) is 1.60. The van der Waals surface area contributed by atoms with Crippen molar-refractivity contribution in [2.24, 2.45) is 0 Å². The Bertz CT molecular complexity index is 1420. The van der Waals surface area contributed by atoms with Crippen molar-refractivity contribution in [3.05, 3.63) is 53.7 Å². The molecule has 2 aliphatic rings. The van der Waals surface area contributed by atoms with Crippen molar-refractivity contribution in [1.29, 1.82) is 0 Å². The molecule has 43 heavy (non-hydrogen) atoms. The third kappa shape index (κ3) is 8.19. The van der Waals surface area contributed by atoms with Gasteiger partial charge < -0.3 is 34.5 Å². The maximum Gasteiger partial charge on any atom is 0.229 e. The van der Waals surface area contributed by atoms with E-state index in [1.807, 2.05) is 36.4 Å². The molecule has 2 N–H and O–H groups in total. The summed E-state index contributed by atoms with van der Waals surface area (Å²) in [7, 11) is 1.36. The van der Waals surface area contributed by atoms with Gasteiger partial charge in [0.2, 0.25) is 5.95 Å². The number of anilines is 5. The highest BCUT2D eigenvalue weighted by molar-refractivity contribution is 7.70. The predicted octanol–water partition coefficient (Wildman–Crippen LogP) is 5.11. The van der Waals surface area contributed by atoms with Crippen LogP contribution in [0.25, 0.3) is 0 Å². The van der Waals surface area contributed by atoms with Crippen molar-refractivity contribution in [3.8, 4) is 5.75 Å². The molecule has 0 radical (unpaired) electrons. The average molecular weight is 628 g/mol. The molecule has 5 rings (SSSR count). The fourth-order valence-corrected chi connectivity index (χ4v) is 6.98. The Kier molecular flexibility index (Phi) is 10.5. The number of ether oxygens (including phenoxy) is 2. The van der Waals surface area contributed by atoms with Gasteiger partial charge >= 0.3 is 0 Å². The van der Waals surface area contributed by atoms with Crippen molar-refractivity contribution < 1.29 is 14.0 Å². The van der Waals surface area contributed by atoms with Crippen LogP contribution >= 0.6 is 18.7 Å². The van der Waals surface area contributed by atoms with Gasteiger partial charge in [-0.1, -0.05) is 23.7 Å². The Hall–Kier alpha value is -2.88. The van der Waals surface area contributed by atoms with Crippen molar-refractivity contribution in [2.45, 2.75) is 18.9 Å². The van der Waals surface area contributed by atoms with Gasteiger partial charge in [0.15, 0.2) is 5.82 Å². The number of likely N-dealkylation sites (N-methyl/N-ethyl adjacent to an activating group) is 1. The van der Waals surface area contributed by atoms with Crippen LogP contribution < -0.4 is 25.6 Å². The monoisotopic (exact) mass is 627 g/mol. The molecule has 3 heterocycles. The molecule has 0 spiro atoms. The van der Waals surface area contributed by atoms with Crippen molar-refractivity contribution >= 4 is 52.9 Å². The quantitative estimate of drug-likeness (QED) is 0.221. The molecule has 10 nitrogen and oxygen atoms in total. The Morgan fingerprint density at radius 1 is 1.00 bits per heavy atom. The smallest absolute Gasteiger partial charge is 0.229 e. The minimum Gasteiger partial charge on any atom is -0.489 e. The maximum atomic E-state index is 12.8. The van der Waals surface area contributed by atoms with Crippen LogP contribution in [0.1, 0.15) is 12.8 Å². The molecule has 0 amide bonds. The third-order valence-electron chi connectivity index (χ3n) is 8.10. The molecule has 1 aromatic heterocycles. The van der Waals surface area contributed by atoms with E-state index >= 15 is 0 Å². The SMILES string of the molecule is COCCOc1cc(Nc2ncc(Cl)c(Nc3ccccc3P(C)(C)=O)n2)ccc1N1CCC(N2CCN(C)CC2)CC1. The number of nitrogens with one attached hydrogen (secondary N) is 2. The Morgan fingerprint density at radius 3 is 2.47 bits per heavy atom. The molecule has 0 saturated carbocycles. The van der Waals surface area contributed by atoms with E-state index in [0.717, 1.165) is 74.5 Å². The van der Waals surface area contributed by atoms with Crippen LogP contribution in [-0.2, 0) is 9.30 Å². The van der Waals surface area contributed by atoms with Crippen LogP contribution in [0.15, 0.2) is 48.7 Å². The summed E-state index contributed by atoms with van der Waals surface area (Å²) in [6, 6.07) is 14.2. The highest BCUT2D eigenvalue weighted by Crippen LogP contribution is 2.39. The summed E-state index contributed by atoms with van der Waals surface area (Å²) in [6.07, 6.45) is 3.84. The van der Waals surface area contributed by atoms with Gasteiger partial charge in [-0.15, -0.1) is 0 Å². The van der Waals surface area contributed by atoms with Gasteiger partial charge in [-0.2, -0.15) is 4.98 Å². The highest BCUT2D eigenvalue weighted by Gasteiger charge is 2.28. The summed E-state index contributed by atoms with van der Waals surface area (Å²) >= 11 is 6.46. The number of benzene rings is 2. The van der Waals surface area contributed by atoms with Gasteiger partial charge in [0.05, 0.1) is 24.2 Å². The van der Waals surface area contributed by atoms with Crippen LogP contribution in [0.3, 0.4) is 0 Å². The minimum atomic E-state index is -2.52. The van der Waals surface area contributed by atoms with E-state index in [2.05, 4.69) is 48.4 Å². The second-order valence-corrected chi connectivity index (χ2v) is 15.2. The van der Waals surface area contributed by atoms with E-state index in [9.17, 15) is 4.57 Å². The lowest BCUT2D eigenvalue weighted by molar-refractivity contribution is 0.0980. The molecule has 0 aliphatic carbocycles. The summed E-state index contributed by atoms with van der Waals surface area (Å²) in [6.45, 7) is 11.0. The summed E-state index contributed by atoms with van der Waals surface area (Å²) in [5, 5.41) is 7.65. The topological polar surface area (TPSA) is 95.1 Å². The zero-order valence-corrected chi connectivity index (χ0v) is 27.2. The van der Waals surface area contributed by atoms with E-state index in [1.54, 1.807) is 26.6 Å². The predicted molar refractivity (Wildman–Crippen MR) is 177 cm³/mol. The number of piperidine rings is 1. The van der Waals surface area contributed by atoms with E-state index in [0.29, 0.717) is 41.7 Å². The number of methoxy groups -OCH3 is 1. The first-order valence-corrected chi connectivity index (χ1v) is 17.8. The number of hydrogen-bond acceptors (Lipinski definition) is 10. The molecule has 2 fully saturated rings. The fraction of sp³-hybridized carbons (Fsp3) is 0.484. The van der Waals surface area contributed by atoms with Gasteiger partial charge in [0.1, 0.15) is 24.5 Å². The Morgan fingerprint density at radius 2 is 1.74 bits per heavy atom. The minimum absolute atomic E-state index is 0.362. The molecule has 12 heteroatoms. The van der Waals surface area contributed by atoms with Crippen LogP contribution in [0.4, 0.5) is 28.8 Å². The largest absolute Gasteiger partial charge is 0.489 e. The van der Waals surface area contributed by atoms with Crippen LogP contribution in [0.2, 0.25) is 5.02 Å². The van der Waals surface area contributed by atoms with Crippen LogP contribution in [0, 0.1) is 0 Å². The van der Waals surface area contributed by atoms with Gasteiger partial charge in [-0.25, -0.2) is 4.98 Å². The second-order valence-electron chi connectivity index (χ2n) is 11.6. The molecule has 2 saturated heterocycles. The van der Waals surface area contributed by atoms with Crippen molar-refractivity contribution in [2.75, 3.05) is 95.5 Å². The molecule has 232 valence electrons. The van der Waals surface area contributed by atoms with E-state index in [1.165, 1.54) is 0 Å². The number of aromatic nitrogens is 2. The summed E-state index contributed by atoms with van der Waals surface area (Å²) < 4.78 is 24.3.